The minimum atomic E-state index is -0.795. The highest BCUT2D eigenvalue weighted by Gasteiger charge is 2.08. The van der Waals surface area contributed by atoms with E-state index in [1.807, 2.05) is 12.1 Å². The summed E-state index contributed by atoms with van der Waals surface area (Å²) in [6.07, 6.45) is 2.94. The molecule has 0 saturated carbocycles. The van der Waals surface area contributed by atoms with Gasteiger partial charge in [0.05, 0.1) is 6.42 Å². The zero-order valence-corrected chi connectivity index (χ0v) is 14.7. The van der Waals surface area contributed by atoms with Crippen LogP contribution in [0.5, 0.6) is 0 Å². The monoisotopic (exact) mass is 336 g/mol. The number of fused-ring (bicyclic) bond motifs is 1. The van der Waals surface area contributed by atoms with Crippen molar-refractivity contribution in [2.75, 3.05) is 6.26 Å². The van der Waals surface area contributed by atoms with Crippen molar-refractivity contribution in [3.05, 3.63) is 76.9 Å². The van der Waals surface area contributed by atoms with Gasteiger partial charge in [0.15, 0.2) is 0 Å². The van der Waals surface area contributed by atoms with Crippen molar-refractivity contribution < 1.29 is 9.90 Å². The summed E-state index contributed by atoms with van der Waals surface area (Å²) in [4.78, 5) is 12.3. The molecule has 0 aliphatic rings. The van der Waals surface area contributed by atoms with Crippen molar-refractivity contribution in [1.82, 2.24) is 0 Å². The smallest absolute Gasteiger partial charge is 0.307 e. The number of hydrogen-bond acceptors (Lipinski definition) is 2. The van der Waals surface area contributed by atoms with E-state index in [-0.39, 0.29) is 6.42 Å². The molecule has 1 N–H and O–H groups in total. The standard InChI is InChI=1S/C21H20O2S/c1-14-3-6-17-11-16(13-21(22)23)12-18(20(17)9-14)10-15-4-7-19(24-2)8-5-15/h3-9,11-12H,10,13H2,1-2H3,(H,22,23). The van der Waals surface area contributed by atoms with Crippen LogP contribution in [0.2, 0.25) is 0 Å². The van der Waals surface area contributed by atoms with E-state index in [9.17, 15) is 4.79 Å². The molecular formula is C21H20O2S. The predicted molar refractivity (Wildman–Crippen MR) is 101 cm³/mol. The van der Waals surface area contributed by atoms with Crippen LogP contribution in [0.1, 0.15) is 22.3 Å². The molecule has 0 aliphatic carbocycles. The average molecular weight is 336 g/mol. The summed E-state index contributed by atoms with van der Waals surface area (Å²) >= 11 is 1.73. The van der Waals surface area contributed by atoms with Gasteiger partial charge in [-0.05, 0) is 59.2 Å². The van der Waals surface area contributed by atoms with Crippen molar-refractivity contribution in [1.29, 1.82) is 0 Å². The van der Waals surface area contributed by atoms with Crippen molar-refractivity contribution in [3.8, 4) is 0 Å². The third-order valence-electron chi connectivity index (χ3n) is 4.16. The summed E-state index contributed by atoms with van der Waals surface area (Å²) in [5.74, 6) is -0.795. The number of carbonyl (C=O) groups is 1. The Morgan fingerprint density at radius 2 is 1.75 bits per heavy atom. The fraction of sp³-hybridized carbons (Fsp3) is 0.190. The Kier molecular flexibility index (Phi) is 4.91. The molecular weight excluding hydrogens is 316 g/mol. The molecule has 0 spiro atoms. The highest BCUT2D eigenvalue weighted by atomic mass is 32.2. The van der Waals surface area contributed by atoms with Crippen LogP contribution in [0.3, 0.4) is 0 Å². The molecule has 3 aromatic carbocycles. The van der Waals surface area contributed by atoms with Gasteiger partial charge in [0.1, 0.15) is 0 Å². The van der Waals surface area contributed by atoms with E-state index in [0.717, 1.165) is 17.4 Å². The van der Waals surface area contributed by atoms with Gasteiger partial charge in [-0.25, -0.2) is 0 Å². The number of carboxylic acids is 1. The van der Waals surface area contributed by atoms with Gasteiger partial charge in [0.2, 0.25) is 0 Å². The molecule has 122 valence electrons. The summed E-state index contributed by atoms with van der Waals surface area (Å²) in [5, 5.41) is 11.4. The summed E-state index contributed by atoms with van der Waals surface area (Å²) < 4.78 is 0. The molecule has 0 amide bonds. The second kappa shape index (κ2) is 7.10. The van der Waals surface area contributed by atoms with E-state index in [0.29, 0.717) is 0 Å². The van der Waals surface area contributed by atoms with E-state index in [2.05, 4.69) is 55.6 Å². The fourth-order valence-corrected chi connectivity index (χ4v) is 3.41. The quantitative estimate of drug-likeness (QED) is 0.660. The summed E-state index contributed by atoms with van der Waals surface area (Å²) in [6, 6.07) is 18.9. The first kappa shape index (κ1) is 16.6. The average Bonchev–Trinajstić information content (AvgIpc) is 2.55. The van der Waals surface area contributed by atoms with Gasteiger partial charge >= 0.3 is 5.97 Å². The Hall–Kier alpha value is -2.26. The summed E-state index contributed by atoms with van der Waals surface area (Å²) in [6.45, 7) is 2.08. The van der Waals surface area contributed by atoms with Gasteiger partial charge in [-0.3, -0.25) is 4.79 Å². The molecule has 0 unspecified atom stereocenters. The van der Waals surface area contributed by atoms with E-state index < -0.39 is 5.97 Å². The molecule has 0 saturated heterocycles. The van der Waals surface area contributed by atoms with Crippen LogP contribution in [0.4, 0.5) is 0 Å². The van der Waals surface area contributed by atoms with Gasteiger partial charge in [0.25, 0.3) is 0 Å². The number of benzene rings is 3. The first-order valence-electron chi connectivity index (χ1n) is 7.92. The molecule has 0 fully saturated rings. The molecule has 0 heterocycles. The molecule has 3 heteroatoms. The van der Waals surface area contributed by atoms with Crippen molar-refractivity contribution in [3.63, 3.8) is 0 Å². The SMILES string of the molecule is CSc1ccc(Cc2cc(CC(=O)O)cc3ccc(C)cc23)cc1. The van der Waals surface area contributed by atoms with E-state index in [1.165, 1.54) is 27.0 Å². The first-order valence-corrected chi connectivity index (χ1v) is 9.14. The molecule has 0 atom stereocenters. The Morgan fingerprint density at radius 1 is 1.00 bits per heavy atom. The predicted octanol–water partition coefficient (Wildman–Crippen LogP) is 5.09. The lowest BCUT2D eigenvalue weighted by atomic mass is 9.94. The topological polar surface area (TPSA) is 37.3 Å². The zero-order chi connectivity index (χ0) is 17.1. The van der Waals surface area contributed by atoms with E-state index in [1.54, 1.807) is 11.8 Å². The second-order valence-corrected chi connectivity index (χ2v) is 6.95. The summed E-state index contributed by atoms with van der Waals surface area (Å²) in [5.41, 5.74) is 4.49. The molecule has 2 nitrogen and oxygen atoms in total. The highest BCUT2D eigenvalue weighted by molar-refractivity contribution is 7.98. The lowest BCUT2D eigenvalue weighted by Crippen LogP contribution is -2.01. The van der Waals surface area contributed by atoms with Crippen molar-refractivity contribution in [2.45, 2.75) is 24.7 Å². The van der Waals surface area contributed by atoms with Gasteiger partial charge in [-0.1, -0.05) is 48.0 Å². The maximum Gasteiger partial charge on any atom is 0.307 e. The Labute approximate surface area is 146 Å². The molecule has 0 bridgehead atoms. The number of aryl methyl sites for hydroxylation is 1. The molecule has 0 aliphatic heterocycles. The van der Waals surface area contributed by atoms with Crippen LogP contribution in [0.15, 0.2) is 59.5 Å². The minimum Gasteiger partial charge on any atom is -0.481 e. The molecule has 3 aromatic rings. The molecule has 3 rings (SSSR count). The normalized spacial score (nSPS) is 10.9. The zero-order valence-electron chi connectivity index (χ0n) is 13.9. The summed E-state index contributed by atoms with van der Waals surface area (Å²) in [7, 11) is 0. The molecule has 24 heavy (non-hydrogen) atoms. The van der Waals surface area contributed by atoms with Crippen LogP contribution in [-0.2, 0) is 17.6 Å². The second-order valence-electron chi connectivity index (χ2n) is 6.07. The number of carboxylic acid groups (broad SMARTS) is 1. The van der Waals surface area contributed by atoms with Gasteiger partial charge in [0, 0.05) is 4.90 Å². The van der Waals surface area contributed by atoms with Crippen molar-refractivity contribution in [2.24, 2.45) is 0 Å². The van der Waals surface area contributed by atoms with Crippen LogP contribution < -0.4 is 0 Å². The number of thioether (sulfide) groups is 1. The minimum absolute atomic E-state index is 0.0578. The van der Waals surface area contributed by atoms with Gasteiger partial charge < -0.3 is 5.11 Å². The van der Waals surface area contributed by atoms with Crippen molar-refractivity contribution >= 4 is 28.5 Å². The van der Waals surface area contributed by atoms with E-state index in [4.69, 9.17) is 5.11 Å². The Balaban J connectivity index is 2.05. The van der Waals surface area contributed by atoms with Gasteiger partial charge in [-0.2, -0.15) is 0 Å². The van der Waals surface area contributed by atoms with Gasteiger partial charge in [-0.15, -0.1) is 11.8 Å². The number of rotatable bonds is 5. The first-order chi connectivity index (χ1) is 11.5. The highest BCUT2D eigenvalue weighted by Crippen LogP contribution is 2.26. The van der Waals surface area contributed by atoms with Crippen LogP contribution >= 0.6 is 11.8 Å². The lowest BCUT2D eigenvalue weighted by Gasteiger charge is -2.11. The largest absolute Gasteiger partial charge is 0.481 e. The van der Waals surface area contributed by atoms with E-state index >= 15 is 0 Å². The third-order valence-corrected chi connectivity index (χ3v) is 4.91. The molecule has 0 aromatic heterocycles. The molecule has 0 radical (unpaired) electrons. The maximum absolute atomic E-state index is 11.1. The fourth-order valence-electron chi connectivity index (χ4n) is 3.00. The Bertz CT molecular complexity index is 882. The van der Waals surface area contributed by atoms with Crippen LogP contribution in [-0.4, -0.2) is 17.3 Å². The third kappa shape index (κ3) is 3.80. The number of hydrogen-bond donors (Lipinski definition) is 1. The van der Waals surface area contributed by atoms with Crippen LogP contribution in [0.25, 0.3) is 10.8 Å². The maximum atomic E-state index is 11.1. The Morgan fingerprint density at radius 3 is 2.42 bits per heavy atom. The number of aliphatic carboxylic acids is 1. The lowest BCUT2D eigenvalue weighted by molar-refractivity contribution is -0.136. The van der Waals surface area contributed by atoms with Crippen LogP contribution in [0, 0.1) is 6.92 Å².